The van der Waals surface area contributed by atoms with Crippen LogP contribution in [0.1, 0.15) is 39.2 Å². The molecule has 3 atom stereocenters. The normalized spacial score (nSPS) is 30.7. The highest BCUT2D eigenvalue weighted by atomic mass is 79.9. The van der Waals surface area contributed by atoms with E-state index in [2.05, 4.69) is 84.2 Å². The molecule has 2 aliphatic heterocycles. The first kappa shape index (κ1) is 17.3. The summed E-state index contributed by atoms with van der Waals surface area (Å²) in [6.45, 7) is 6.66. The molecule has 140 valence electrons. The topological polar surface area (TPSA) is 21.7 Å². The fourth-order valence-electron chi connectivity index (χ4n) is 4.93. The summed E-state index contributed by atoms with van der Waals surface area (Å²) in [5, 5.41) is 2.13. The smallest absolute Gasteiger partial charge is 0.130 e. The van der Waals surface area contributed by atoms with Crippen molar-refractivity contribution < 1.29 is 9.57 Å². The van der Waals surface area contributed by atoms with Crippen LogP contribution in [0.2, 0.25) is 0 Å². The molecule has 2 heterocycles. The number of halogens is 1. The number of para-hydroxylation sites is 1. The van der Waals surface area contributed by atoms with Crippen molar-refractivity contribution in [2.45, 2.75) is 50.9 Å². The number of rotatable bonds is 1. The maximum atomic E-state index is 6.57. The van der Waals surface area contributed by atoms with Gasteiger partial charge < -0.3 is 4.74 Å². The molecule has 0 spiro atoms. The van der Waals surface area contributed by atoms with Crippen LogP contribution in [0, 0.1) is 5.92 Å². The molecular weight excluding hydrogens is 402 g/mol. The van der Waals surface area contributed by atoms with E-state index >= 15 is 0 Å². The van der Waals surface area contributed by atoms with E-state index in [1.54, 1.807) is 0 Å². The summed E-state index contributed by atoms with van der Waals surface area (Å²) >= 11 is 3.59. The van der Waals surface area contributed by atoms with Crippen LogP contribution < -0.4 is 9.80 Å². The van der Waals surface area contributed by atoms with Crippen molar-refractivity contribution in [3.63, 3.8) is 0 Å². The molecule has 2 fully saturated rings. The van der Waals surface area contributed by atoms with Crippen LogP contribution in [0.5, 0.6) is 5.75 Å². The van der Waals surface area contributed by atoms with Gasteiger partial charge in [-0.05, 0) is 75.6 Å². The fourth-order valence-corrected chi connectivity index (χ4v) is 5.31. The zero-order valence-electron chi connectivity index (χ0n) is 15.9. The summed E-state index contributed by atoms with van der Waals surface area (Å²) in [6, 6.07) is 16.9. The van der Waals surface area contributed by atoms with Crippen LogP contribution in [0.3, 0.4) is 0 Å². The second-order valence-electron chi connectivity index (χ2n) is 8.56. The van der Waals surface area contributed by atoms with Gasteiger partial charge in [0.1, 0.15) is 11.4 Å². The number of hydrogen-bond donors (Lipinski definition) is 0. The first-order chi connectivity index (χ1) is 12.9. The highest BCUT2D eigenvalue weighted by molar-refractivity contribution is 9.10. The first-order valence-corrected chi connectivity index (χ1v) is 10.4. The Morgan fingerprint density at radius 1 is 1.07 bits per heavy atom. The highest BCUT2D eigenvalue weighted by Gasteiger charge is 2.57. The molecule has 27 heavy (non-hydrogen) atoms. The summed E-state index contributed by atoms with van der Waals surface area (Å²) < 4.78 is 7.64. The van der Waals surface area contributed by atoms with Gasteiger partial charge in [0.05, 0.1) is 17.3 Å². The molecule has 0 amide bonds. The van der Waals surface area contributed by atoms with Gasteiger partial charge in [0.2, 0.25) is 0 Å². The maximum Gasteiger partial charge on any atom is 0.130 e. The molecule has 2 aromatic carbocycles. The number of fused-ring (bicyclic) bond motifs is 4. The zero-order chi connectivity index (χ0) is 18.8. The van der Waals surface area contributed by atoms with Crippen molar-refractivity contribution in [2.75, 3.05) is 5.06 Å². The van der Waals surface area contributed by atoms with Gasteiger partial charge in [-0.2, -0.15) is 0 Å². The molecule has 0 aromatic heterocycles. The van der Waals surface area contributed by atoms with Crippen LogP contribution >= 0.6 is 15.9 Å². The average molecular weight is 426 g/mol. The lowest BCUT2D eigenvalue weighted by Crippen LogP contribution is -2.52. The van der Waals surface area contributed by atoms with E-state index in [0.29, 0.717) is 5.92 Å². The van der Waals surface area contributed by atoms with Gasteiger partial charge in [0.25, 0.3) is 0 Å². The van der Waals surface area contributed by atoms with Crippen molar-refractivity contribution in [2.24, 2.45) is 5.92 Å². The number of anilines is 1. The lowest BCUT2D eigenvalue weighted by molar-refractivity contribution is -0.0100. The third kappa shape index (κ3) is 2.65. The minimum atomic E-state index is -0.293. The molecule has 1 saturated heterocycles. The zero-order valence-corrected chi connectivity index (χ0v) is 17.5. The van der Waals surface area contributed by atoms with Gasteiger partial charge in [-0.3, -0.25) is 4.84 Å². The van der Waals surface area contributed by atoms with E-state index in [0.717, 1.165) is 34.3 Å². The van der Waals surface area contributed by atoms with Gasteiger partial charge in [-0.25, -0.2) is 5.06 Å². The van der Waals surface area contributed by atoms with Crippen LogP contribution in [0.15, 0.2) is 58.6 Å². The SMILES string of the molecule is CC1(C)ON(c2ccccc2)[C@H]2C3=Cc4cc(Br)ccc4O[C@@]3(C)CC[C@@H]21. The molecular formula is C23H24BrNO2. The van der Waals surface area contributed by atoms with Crippen LogP contribution in [-0.4, -0.2) is 17.2 Å². The van der Waals surface area contributed by atoms with E-state index < -0.39 is 0 Å². The van der Waals surface area contributed by atoms with Gasteiger partial charge in [0.15, 0.2) is 0 Å². The van der Waals surface area contributed by atoms with E-state index in [-0.39, 0.29) is 17.2 Å². The summed E-state index contributed by atoms with van der Waals surface area (Å²) in [5.41, 5.74) is 3.05. The lowest BCUT2D eigenvalue weighted by Gasteiger charge is -2.47. The molecule has 0 radical (unpaired) electrons. The molecule has 3 aliphatic rings. The Morgan fingerprint density at radius 2 is 1.85 bits per heavy atom. The second kappa shape index (κ2) is 5.86. The van der Waals surface area contributed by atoms with Gasteiger partial charge in [0, 0.05) is 16.0 Å². The largest absolute Gasteiger partial charge is 0.482 e. The molecule has 1 aliphatic carbocycles. The average Bonchev–Trinajstić information content (AvgIpc) is 2.92. The van der Waals surface area contributed by atoms with Crippen molar-refractivity contribution >= 4 is 27.7 Å². The molecule has 3 nitrogen and oxygen atoms in total. The van der Waals surface area contributed by atoms with Crippen molar-refractivity contribution in [1.29, 1.82) is 0 Å². The van der Waals surface area contributed by atoms with Crippen LogP contribution in [-0.2, 0) is 4.84 Å². The Kier molecular flexibility index (Phi) is 3.76. The van der Waals surface area contributed by atoms with Crippen LogP contribution in [0.4, 0.5) is 5.69 Å². The molecule has 0 N–H and O–H groups in total. The van der Waals surface area contributed by atoms with Crippen molar-refractivity contribution in [3.8, 4) is 5.75 Å². The summed E-state index contributed by atoms with van der Waals surface area (Å²) in [7, 11) is 0. The van der Waals surface area contributed by atoms with Crippen molar-refractivity contribution in [1.82, 2.24) is 0 Å². The minimum Gasteiger partial charge on any atom is -0.482 e. The summed E-state index contributed by atoms with van der Waals surface area (Å²) in [6.07, 6.45) is 4.42. The van der Waals surface area contributed by atoms with Gasteiger partial charge in [-0.15, -0.1) is 0 Å². The lowest BCUT2D eigenvalue weighted by atomic mass is 9.67. The Bertz CT molecular complexity index is 923. The predicted octanol–water partition coefficient (Wildman–Crippen LogP) is 5.99. The van der Waals surface area contributed by atoms with Crippen molar-refractivity contribution in [3.05, 3.63) is 64.1 Å². The Hall–Kier alpha value is -1.78. The molecule has 0 unspecified atom stereocenters. The van der Waals surface area contributed by atoms with Gasteiger partial charge >= 0.3 is 0 Å². The first-order valence-electron chi connectivity index (χ1n) is 9.61. The summed E-state index contributed by atoms with van der Waals surface area (Å²) in [4.78, 5) is 6.52. The number of benzene rings is 2. The standard InChI is InChI=1S/C23H24BrNO2/c1-22(2)18-11-12-23(3)19(14-15-13-16(24)9-10-20(15)26-23)21(18)25(27-22)17-7-5-4-6-8-17/h4-10,13-14,18,21H,11-12H2,1-3H3/t18-,21+,23-/m0/s1. The highest BCUT2D eigenvalue weighted by Crippen LogP contribution is 2.54. The molecule has 0 bridgehead atoms. The quantitative estimate of drug-likeness (QED) is 0.559. The summed E-state index contributed by atoms with van der Waals surface area (Å²) in [5.74, 6) is 1.39. The molecule has 5 rings (SSSR count). The van der Waals surface area contributed by atoms with E-state index in [1.165, 1.54) is 5.57 Å². The Labute approximate surface area is 169 Å². The number of hydroxylamine groups is 1. The Morgan fingerprint density at radius 3 is 2.63 bits per heavy atom. The third-order valence-corrected chi connectivity index (χ3v) is 6.84. The molecule has 1 saturated carbocycles. The van der Waals surface area contributed by atoms with E-state index in [4.69, 9.17) is 9.57 Å². The monoisotopic (exact) mass is 425 g/mol. The Balaban J connectivity index is 1.66. The fraction of sp³-hybridized carbons (Fsp3) is 0.391. The maximum absolute atomic E-state index is 6.57. The number of ether oxygens (including phenoxy) is 1. The number of nitrogens with zero attached hydrogens (tertiary/aromatic N) is 1. The van der Waals surface area contributed by atoms with Gasteiger partial charge in [-0.1, -0.05) is 34.1 Å². The minimum absolute atomic E-state index is 0.174. The third-order valence-electron chi connectivity index (χ3n) is 6.35. The molecule has 4 heteroatoms. The van der Waals surface area contributed by atoms with E-state index in [9.17, 15) is 0 Å². The van der Waals surface area contributed by atoms with Crippen LogP contribution in [0.25, 0.3) is 6.08 Å². The van der Waals surface area contributed by atoms with E-state index in [1.807, 2.05) is 12.1 Å². The molecule has 2 aromatic rings. The predicted molar refractivity (Wildman–Crippen MR) is 112 cm³/mol. The second-order valence-corrected chi connectivity index (χ2v) is 9.48. The number of hydrogen-bond acceptors (Lipinski definition) is 3.